The number of nitrogens with zero attached hydrogens (tertiary/aromatic N) is 6. The van der Waals surface area contributed by atoms with Crippen LogP contribution < -0.4 is 11.3 Å². The Kier molecular flexibility index (Phi) is 4.74. The first-order valence-corrected chi connectivity index (χ1v) is 10.0. The van der Waals surface area contributed by atoms with Gasteiger partial charge in [0.05, 0.1) is 6.04 Å². The Labute approximate surface area is 183 Å². The molecular weight excluding hydrogens is 444 g/mol. The molecule has 0 atom stereocenters. The summed E-state index contributed by atoms with van der Waals surface area (Å²) in [6.45, 7) is -0.224. The van der Waals surface area contributed by atoms with Gasteiger partial charge in [-0.25, -0.2) is 19.3 Å². The van der Waals surface area contributed by atoms with Crippen LogP contribution in [-0.2, 0) is 12.6 Å². The second-order valence-corrected chi connectivity index (χ2v) is 8.08. The summed E-state index contributed by atoms with van der Waals surface area (Å²) in [5.41, 5.74) is -0.0376. The van der Waals surface area contributed by atoms with E-state index in [0.717, 1.165) is 22.8 Å². The second kappa shape index (κ2) is 7.38. The van der Waals surface area contributed by atoms with E-state index in [-0.39, 0.29) is 35.6 Å². The molecule has 3 N–H and O–H groups in total. The molecule has 3 aromatic heterocycles. The van der Waals surface area contributed by atoms with E-state index >= 15 is 0 Å². The van der Waals surface area contributed by atoms with Gasteiger partial charge in [0.1, 0.15) is 19.2 Å². The third-order valence-electron chi connectivity index (χ3n) is 5.57. The van der Waals surface area contributed by atoms with Crippen LogP contribution >= 0.6 is 11.6 Å². The molecule has 0 unspecified atom stereocenters. The molecule has 166 valence electrons. The van der Waals surface area contributed by atoms with Crippen molar-refractivity contribution in [2.24, 2.45) is 0 Å². The highest BCUT2D eigenvalue weighted by Crippen LogP contribution is 2.43. The minimum atomic E-state index is -3.33. The molecule has 1 fully saturated rings. The van der Waals surface area contributed by atoms with Crippen molar-refractivity contribution in [1.82, 2.24) is 28.9 Å². The summed E-state index contributed by atoms with van der Waals surface area (Å²) in [7, 11) is 0. The van der Waals surface area contributed by atoms with E-state index in [1.165, 1.54) is 4.68 Å². The first-order valence-electron chi connectivity index (χ1n) is 9.65. The zero-order valence-electron chi connectivity index (χ0n) is 16.4. The van der Waals surface area contributed by atoms with Gasteiger partial charge in [-0.15, -0.1) is 5.10 Å². The number of halogens is 1. The fraction of sp³-hybridized carbons (Fsp3) is 0.316. The molecule has 1 aliphatic rings. The summed E-state index contributed by atoms with van der Waals surface area (Å²) in [6, 6.07) is 7.44. The zero-order chi connectivity index (χ0) is 22.6. The minimum absolute atomic E-state index is 0.0116. The zero-order valence-corrected chi connectivity index (χ0v) is 17.1. The van der Waals surface area contributed by atoms with E-state index < -0.39 is 17.4 Å². The lowest BCUT2D eigenvalue weighted by Gasteiger charge is -2.34. The van der Waals surface area contributed by atoms with Gasteiger partial charge in [0, 0.05) is 5.02 Å². The molecule has 12 nitrogen and oxygen atoms in total. The SMILES string of the molecule is O=c1c2c(ncn1Cc1nn(C3CC(c4ccc(Cl)cc4)C3)c(=O)o1)ncn2C(O)(O)O. The number of imidazole rings is 1. The van der Waals surface area contributed by atoms with Crippen molar-refractivity contribution >= 4 is 22.8 Å². The number of hydrogen-bond donors (Lipinski definition) is 3. The summed E-state index contributed by atoms with van der Waals surface area (Å²) in [6.07, 6.45) is 0.131. The highest BCUT2D eigenvalue weighted by atomic mass is 35.5. The largest absolute Gasteiger partial charge is 0.437 e. The minimum Gasteiger partial charge on any atom is -0.390 e. The lowest BCUT2D eigenvalue weighted by atomic mass is 9.76. The Bertz CT molecular complexity index is 1410. The first-order chi connectivity index (χ1) is 15.2. The Morgan fingerprint density at radius 1 is 1.09 bits per heavy atom. The molecule has 0 spiro atoms. The van der Waals surface area contributed by atoms with Crippen molar-refractivity contribution in [2.45, 2.75) is 37.4 Å². The van der Waals surface area contributed by atoms with Crippen LogP contribution in [0.25, 0.3) is 11.2 Å². The quantitative estimate of drug-likeness (QED) is 0.351. The normalized spacial score (nSPS) is 18.8. The van der Waals surface area contributed by atoms with E-state index in [2.05, 4.69) is 15.1 Å². The summed E-state index contributed by atoms with van der Waals surface area (Å²) in [5.74, 6) is -0.358. The van der Waals surface area contributed by atoms with E-state index in [1.54, 1.807) is 0 Å². The Hall–Kier alpha value is -3.32. The van der Waals surface area contributed by atoms with Gasteiger partial charge in [-0.3, -0.25) is 9.36 Å². The van der Waals surface area contributed by atoms with Crippen molar-refractivity contribution in [3.63, 3.8) is 0 Å². The molecule has 3 heterocycles. The predicted molar refractivity (Wildman–Crippen MR) is 109 cm³/mol. The number of rotatable bonds is 5. The lowest BCUT2D eigenvalue weighted by molar-refractivity contribution is -0.373. The van der Waals surface area contributed by atoms with Crippen molar-refractivity contribution in [1.29, 1.82) is 0 Å². The molecule has 0 saturated heterocycles. The number of benzene rings is 1. The van der Waals surface area contributed by atoms with Crippen molar-refractivity contribution in [2.75, 3.05) is 0 Å². The van der Waals surface area contributed by atoms with Crippen molar-refractivity contribution < 1.29 is 19.7 Å². The molecule has 0 aliphatic heterocycles. The maximum atomic E-state index is 12.7. The van der Waals surface area contributed by atoms with Gasteiger partial charge in [-0.05, 0) is 36.5 Å². The molecule has 0 amide bonds. The van der Waals surface area contributed by atoms with E-state index in [0.29, 0.717) is 22.4 Å². The number of aromatic nitrogens is 6. The third-order valence-corrected chi connectivity index (χ3v) is 5.82. The summed E-state index contributed by atoms with van der Waals surface area (Å²) in [5, 5.41) is 33.1. The Balaban J connectivity index is 1.37. The molecule has 13 heteroatoms. The van der Waals surface area contributed by atoms with Gasteiger partial charge in [-0.1, -0.05) is 23.7 Å². The highest BCUT2D eigenvalue weighted by molar-refractivity contribution is 6.30. The third kappa shape index (κ3) is 3.52. The molecule has 5 rings (SSSR count). The molecule has 0 bridgehead atoms. The van der Waals surface area contributed by atoms with Gasteiger partial charge < -0.3 is 19.7 Å². The second-order valence-electron chi connectivity index (χ2n) is 7.64. The summed E-state index contributed by atoms with van der Waals surface area (Å²) < 4.78 is 7.99. The van der Waals surface area contributed by atoms with Crippen molar-refractivity contribution in [3.05, 3.63) is 74.3 Å². The highest BCUT2D eigenvalue weighted by Gasteiger charge is 2.34. The van der Waals surface area contributed by atoms with E-state index in [4.69, 9.17) is 16.0 Å². The standard InChI is InChI=1S/C19H17ClN6O6/c20-12-3-1-10(2-4-12)11-5-13(6-11)26-18(28)32-14(23-26)7-24-8-21-16-15(17(24)27)25(9-22-16)19(29,30)31/h1-4,8-9,11,13,29-31H,5-7H2. The molecule has 1 aromatic carbocycles. The van der Waals surface area contributed by atoms with Crippen LogP contribution in [0.15, 0.2) is 50.9 Å². The van der Waals surface area contributed by atoms with Crippen LogP contribution in [0.2, 0.25) is 5.02 Å². The van der Waals surface area contributed by atoms with Crippen LogP contribution in [0, 0.1) is 0 Å². The van der Waals surface area contributed by atoms with Gasteiger partial charge in [-0.2, -0.15) is 4.68 Å². The Morgan fingerprint density at radius 3 is 2.47 bits per heavy atom. The van der Waals surface area contributed by atoms with Gasteiger partial charge in [0.2, 0.25) is 5.89 Å². The summed E-state index contributed by atoms with van der Waals surface area (Å²) >= 11 is 5.92. The monoisotopic (exact) mass is 460 g/mol. The predicted octanol–water partition coefficient (Wildman–Crippen LogP) is 0.108. The fourth-order valence-electron chi connectivity index (χ4n) is 3.85. The molecule has 1 saturated carbocycles. The fourth-order valence-corrected chi connectivity index (χ4v) is 3.98. The van der Waals surface area contributed by atoms with E-state index in [9.17, 15) is 24.9 Å². The van der Waals surface area contributed by atoms with Crippen LogP contribution in [0.4, 0.5) is 0 Å². The van der Waals surface area contributed by atoms with Crippen molar-refractivity contribution in [3.8, 4) is 0 Å². The molecular formula is C19H17ClN6O6. The smallest absolute Gasteiger partial charge is 0.390 e. The van der Waals surface area contributed by atoms with Crippen LogP contribution in [-0.4, -0.2) is 44.2 Å². The van der Waals surface area contributed by atoms with Gasteiger partial charge >= 0.3 is 11.9 Å². The molecule has 1 aliphatic carbocycles. The average Bonchev–Trinajstić information content (AvgIpc) is 3.29. The topological polar surface area (TPSA) is 161 Å². The van der Waals surface area contributed by atoms with Crippen LogP contribution in [0.1, 0.15) is 36.3 Å². The lowest BCUT2D eigenvalue weighted by Crippen LogP contribution is -2.34. The van der Waals surface area contributed by atoms with Gasteiger partial charge in [0.25, 0.3) is 5.56 Å². The van der Waals surface area contributed by atoms with Crippen LogP contribution in [0.5, 0.6) is 0 Å². The molecule has 0 radical (unpaired) electrons. The van der Waals surface area contributed by atoms with Crippen LogP contribution in [0.3, 0.4) is 0 Å². The first kappa shape index (κ1) is 20.6. The van der Waals surface area contributed by atoms with E-state index in [1.807, 2.05) is 24.3 Å². The maximum absolute atomic E-state index is 12.7. The molecule has 32 heavy (non-hydrogen) atoms. The Morgan fingerprint density at radius 2 is 1.78 bits per heavy atom. The number of fused-ring (bicyclic) bond motifs is 1. The number of hydrogen-bond acceptors (Lipinski definition) is 9. The molecule has 4 aromatic rings. The maximum Gasteiger partial charge on any atom is 0.437 e. The average molecular weight is 461 g/mol. The number of aliphatic hydroxyl groups is 3. The van der Waals surface area contributed by atoms with Gasteiger partial charge in [0.15, 0.2) is 11.2 Å². The summed E-state index contributed by atoms with van der Waals surface area (Å²) in [4.78, 5) is 32.7.